The number of halogens is 2. The molecule has 0 bridgehead atoms. The Hall–Kier alpha value is -2.96. The molecule has 0 spiro atoms. The molecule has 0 N–H and O–H groups in total. The average Bonchev–Trinajstić information content (AvgIpc) is 3.17. The molecule has 0 unspecified atom stereocenters. The molecule has 0 fully saturated rings. The van der Waals surface area contributed by atoms with Crippen LogP contribution >= 0.6 is 27.3 Å². The lowest BCUT2D eigenvalue weighted by molar-refractivity contribution is -0.133. The normalized spacial score (nSPS) is 10.3. The number of carbonyl (C=O) groups excluding carboxylic acids is 1. The number of ether oxygens (including phenoxy) is 3. The molecule has 9 heteroatoms. The van der Waals surface area contributed by atoms with Gasteiger partial charge in [0.2, 0.25) is 0 Å². The van der Waals surface area contributed by atoms with E-state index in [0.29, 0.717) is 38.8 Å². The quantitative estimate of drug-likeness (QED) is 0.324. The van der Waals surface area contributed by atoms with Crippen LogP contribution in [-0.4, -0.2) is 17.6 Å². The highest BCUT2D eigenvalue weighted by molar-refractivity contribution is 9.10. The van der Waals surface area contributed by atoms with Gasteiger partial charge in [-0.15, -0.1) is 11.3 Å². The molecule has 1 heterocycles. The summed E-state index contributed by atoms with van der Waals surface area (Å²) >= 11 is 4.66. The summed E-state index contributed by atoms with van der Waals surface area (Å²) in [6, 6.07) is 10.8. The van der Waals surface area contributed by atoms with Gasteiger partial charge in [-0.2, -0.15) is 5.26 Å². The van der Waals surface area contributed by atoms with Crippen LogP contribution in [0.4, 0.5) is 4.39 Å². The maximum Gasteiger partial charge on any atom is 0.317 e. The lowest BCUT2D eigenvalue weighted by Gasteiger charge is -2.12. The zero-order valence-electron chi connectivity index (χ0n) is 15.9. The van der Waals surface area contributed by atoms with Crippen LogP contribution in [0.15, 0.2) is 46.3 Å². The summed E-state index contributed by atoms with van der Waals surface area (Å²) < 4.78 is 29.9. The molecule has 1 aromatic heterocycles. The molecule has 6 nitrogen and oxygen atoms in total. The molecule has 3 aromatic rings. The highest BCUT2D eigenvalue weighted by Gasteiger charge is 2.17. The van der Waals surface area contributed by atoms with Crippen molar-refractivity contribution in [3.63, 3.8) is 0 Å². The van der Waals surface area contributed by atoms with Crippen molar-refractivity contribution >= 4 is 33.2 Å². The molecule has 0 aliphatic heterocycles. The lowest BCUT2D eigenvalue weighted by Crippen LogP contribution is -2.13. The van der Waals surface area contributed by atoms with Gasteiger partial charge in [-0.3, -0.25) is 4.79 Å². The zero-order chi connectivity index (χ0) is 21.5. The third-order valence-corrected chi connectivity index (χ3v) is 5.22. The van der Waals surface area contributed by atoms with Crippen molar-refractivity contribution in [3.05, 3.63) is 68.3 Å². The van der Waals surface area contributed by atoms with Crippen LogP contribution in [0.25, 0.3) is 0 Å². The van der Waals surface area contributed by atoms with E-state index in [1.165, 1.54) is 41.7 Å². The molecule has 0 radical (unpaired) electrons. The topological polar surface area (TPSA) is 81.4 Å². The van der Waals surface area contributed by atoms with Gasteiger partial charge in [-0.25, -0.2) is 9.37 Å². The largest absolute Gasteiger partial charge is 0.490 e. The Morgan fingerprint density at radius 1 is 1.27 bits per heavy atom. The van der Waals surface area contributed by atoms with E-state index in [-0.39, 0.29) is 24.6 Å². The fourth-order valence-electron chi connectivity index (χ4n) is 2.46. The number of thiazole rings is 1. The molecular formula is C21H16BrFN2O4S. The van der Waals surface area contributed by atoms with E-state index in [4.69, 9.17) is 19.5 Å². The predicted molar refractivity (Wildman–Crippen MR) is 112 cm³/mol. The van der Waals surface area contributed by atoms with Gasteiger partial charge in [0.1, 0.15) is 23.2 Å². The average molecular weight is 491 g/mol. The van der Waals surface area contributed by atoms with Crippen molar-refractivity contribution in [2.75, 3.05) is 6.61 Å². The summed E-state index contributed by atoms with van der Waals surface area (Å²) in [5.41, 5.74) is 0.931. The van der Waals surface area contributed by atoms with Gasteiger partial charge in [0.25, 0.3) is 0 Å². The second-order valence-corrected chi connectivity index (χ2v) is 7.75. The van der Waals surface area contributed by atoms with Gasteiger partial charge in [0, 0.05) is 11.4 Å². The smallest absolute Gasteiger partial charge is 0.317 e. The maximum atomic E-state index is 12.9. The summed E-state index contributed by atoms with van der Waals surface area (Å²) in [5.74, 6) is 0.206. The second-order valence-electron chi connectivity index (χ2n) is 5.96. The highest BCUT2D eigenvalue weighted by atomic mass is 79.9. The van der Waals surface area contributed by atoms with Crippen molar-refractivity contribution in [3.8, 4) is 23.3 Å². The Balaban J connectivity index is 1.62. The molecule has 0 saturated carbocycles. The van der Waals surface area contributed by atoms with E-state index in [0.717, 1.165) is 0 Å². The van der Waals surface area contributed by atoms with Gasteiger partial charge in [-0.1, -0.05) is 0 Å². The Morgan fingerprint density at radius 2 is 2.03 bits per heavy atom. The minimum absolute atomic E-state index is 0.0367. The molecule has 0 atom stereocenters. The van der Waals surface area contributed by atoms with Gasteiger partial charge >= 0.3 is 5.97 Å². The van der Waals surface area contributed by atoms with E-state index >= 15 is 0 Å². The molecule has 0 aliphatic carbocycles. The minimum atomic E-state index is -0.516. The molecule has 30 heavy (non-hydrogen) atoms. The standard InChI is InChI=1S/C21H16BrFN2O4S/c1-2-27-18-8-13(10-24)7-17(22)21(18)29-20(26)9-15-12-30-19(25-15)11-28-16-5-3-14(23)4-6-16/h3-8,12H,2,9,11H2,1H3. The molecule has 0 amide bonds. The fraction of sp³-hybridized carbons (Fsp3) is 0.190. The van der Waals surface area contributed by atoms with Crippen LogP contribution in [0.2, 0.25) is 0 Å². The number of hydrogen-bond donors (Lipinski definition) is 0. The predicted octanol–water partition coefficient (Wildman–Crippen LogP) is 5.04. The maximum absolute atomic E-state index is 12.9. The lowest BCUT2D eigenvalue weighted by atomic mass is 10.2. The van der Waals surface area contributed by atoms with Crippen LogP contribution < -0.4 is 14.2 Å². The van der Waals surface area contributed by atoms with Crippen molar-refractivity contribution in [1.29, 1.82) is 5.26 Å². The number of aromatic nitrogens is 1. The van der Waals surface area contributed by atoms with E-state index < -0.39 is 5.97 Å². The van der Waals surface area contributed by atoms with E-state index in [1.807, 2.05) is 6.07 Å². The van der Waals surface area contributed by atoms with Crippen molar-refractivity contribution in [1.82, 2.24) is 4.98 Å². The van der Waals surface area contributed by atoms with Crippen LogP contribution in [0, 0.1) is 17.1 Å². The van der Waals surface area contributed by atoms with Crippen molar-refractivity contribution in [2.24, 2.45) is 0 Å². The molecule has 2 aromatic carbocycles. The summed E-state index contributed by atoms with van der Waals surface area (Å²) in [6.45, 7) is 2.36. The molecule has 154 valence electrons. The number of nitrogens with zero attached hydrogens (tertiary/aromatic N) is 2. The minimum Gasteiger partial charge on any atom is -0.490 e. The number of hydrogen-bond acceptors (Lipinski definition) is 7. The SMILES string of the molecule is CCOc1cc(C#N)cc(Br)c1OC(=O)Cc1csc(COc2ccc(F)cc2)n1. The van der Waals surface area contributed by atoms with E-state index in [9.17, 15) is 9.18 Å². The second kappa shape index (κ2) is 10.2. The number of nitriles is 1. The summed E-state index contributed by atoms with van der Waals surface area (Å²) in [7, 11) is 0. The highest BCUT2D eigenvalue weighted by Crippen LogP contribution is 2.37. The van der Waals surface area contributed by atoms with Crippen LogP contribution in [-0.2, 0) is 17.8 Å². The fourth-order valence-corrected chi connectivity index (χ4v) is 3.69. The first-order chi connectivity index (χ1) is 14.5. The summed E-state index contributed by atoms with van der Waals surface area (Å²) in [4.78, 5) is 16.8. The summed E-state index contributed by atoms with van der Waals surface area (Å²) in [5, 5.41) is 11.5. The van der Waals surface area contributed by atoms with Crippen LogP contribution in [0.1, 0.15) is 23.2 Å². The molecule has 0 saturated heterocycles. The molecule has 3 rings (SSSR count). The first kappa shape index (κ1) is 21.7. The third kappa shape index (κ3) is 5.78. The van der Waals surface area contributed by atoms with Gasteiger partial charge in [0.15, 0.2) is 11.5 Å². The van der Waals surface area contributed by atoms with Crippen molar-refractivity contribution in [2.45, 2.75) is 20.0 Å². The number of benzene rings is 2. The Labute approximate surface area is 185 Å². The monoisotopic (exact) mass is 490 g/mol. The molecular weight excluding hydrogens is 475 g/mol. The van der Waals surface area contributed by atoms with Gasteiger partial charge in [-0.05, 0) is 53.2 Å². The Bertz CT molecular complexity index is 1080. The van der Waals surface area contributed by atoms with Crippen LogP contribution in [0.3, 0.4) is 0 Å². The van der Waals surface area contributed by atoms with Gasteiger partial charge < -0.3 is 14.2 Å². The zero-order valence-corrected chi connectivity index (χ0v) is 18.3. The third-order valence-electron chi connectivity index (χ3n) is 3.76. The van der Waals surface area contributed by atoms with E-state index in [2.05, 4.69) is 20.9 Å². The van der Waals surface area contributed by atoms with Crippen molar-refractivity contribution < 1.29 is 23.4 Å². The first-order valence-corrected chi connectivity index (χ1v) is 10.5. The summed E-state index contributed by atoms with van der Waals surface area (Å²) in [6.07, 6.45) is -0.0367. The number of rotatable bonds is 8. The Morgan fingerprint density at radius 3 is 2.73 bits per heavy atom. The molecule has 0 aliphatic rings. The first-order valence-electron chi connectivity index (χ1n) is 8.87. The number of esters is 1. The van der Waals surface area contributed by atoms with E-state index in [1.54, 1.807) is 18.4 Å². The Kier molecular flexibility index (Phi) is 7.38. The number of carbonyl (C=O) groups is 1. The van der Waals surface area contributed by atoms with Gasteiger partial charge in [0.05, 0.1) is 34.8 Å². The van der Waals surface area contributed by atoms with Crippen LogP contribution in [0.5, 0.6) is 17.2 Å².